The number of nitrogens with zero attached hydrogens (tertiary/aromatic N) is 3. The summed E-state index contributed by atoms with van der Waals surface area (Å²) in [7, 11) is 0. The molecule has 1 fully saturated rings. The summed E-state index contributed by atoms with van der Waals surface area (Å²) in [6.07, 6.45) is 2.20. The molecule has 0 unspecified atom stereocenters. The number of carbonyl (C=O) groups is 1. The predicted molar refractivity (Wildman–Crippen MR) is 116 cm³/mol. The number of amides is 1. The third-order valence-corrected chi connectivity index (χ3v) is 5.53. The zero-order chi connectivity index (χ0) is 20.4. The first-order valence-electron chi connectivity index (χ1n) is 10.1. The Bertz CT molecular complexity index is 1100. The van der Waals surface area contributed by atoms with E-state index in [1.807, 2.05) is 55.5 Å². The molecular formula is C23H26N4O2. The number of benzene rings is 2. The lowest BCUT2D eigenvalue weighted by Crippen LogP contribution is -2.37. The first-order valence-corrected chi connectivity index (χ1v) is 10.1. The molecule has 0 spiro atoms. The van der Waals surface area contributed by atoms with Gasteiger partial charge in [-0.1, -0.05) is 37.3 Å². The highest BCUT2D eigenvalue weighted by molar-refractivity contribution is 5.93. The fourth-order valence-corrected chi connectivity index (χ4v) is 3.84. The number of anilines is 2. The summed E-state index contributed by atoms with van der Waals surface area (Å²) in [5, 5.41) is 8.92. The Kier molecular flexibility index (Phi) is 5.34. The van der Waals surface area contributed by atoms with Gasteiger partial charge in [0.1, 0.15) is 6.54 Å². The van der Waals surface area contributed by atoms with Crippen molar-refractivity contribution in [1.29, 1.82) is 0 Å². The molecule has 1 N–H and O–H groups in total. The summed E-state index contributed by atoms with van der Waals surface area (Å²) in [5.74, 6) is 1.22. The van der Waals surface area contributed by atoms with E-state index in [4.69, 9.17) is 0 Å². The Morgan fingerprint density at radius 3 is 2.55 bits per heavy atom. The first-order chi connectivity index (χ1) is 14.0. The van der Waals surface area contributed by atoms with Crippen LogP contribution in [0.4, 0.5) is 11.5 Å². The Labute approximate surface area is 170 Å². The number of aromatic nitrogens is 2. The largest absolute Gasteiger partial charge is 0.355 e. The van der Waals surface area contributed by atoms with E-state index in [2.05, 4.69) is 22.2 Å². The molecular weight excluding hydrogens is 364 g/mol. The van der Waals surface area contributed by atoms with Crippen molar-refractivity contribution in [3.8, 4) is 0 Å². The maximum Gasteiger partial charge on any atom is 0.275 e. The summed E-state index contributed by atoms with van der Waals surface area (Å²) >= 11 is 0. The van der Waals surface area contributed by atoms with E-state index in [1.54, 1.807) is 0 Å². The number of nitrogens with one attached hydrogen (secondary N) is 1. The monoisotopic (exact) mass is 390 g/mol. The predicted octanol–water partition coefficient (Wildman–Crippen LogP) is 3.58. The van der Waals surface area contributed by atoms with Gasteiger partial charge in [0.05, 0.1) is 5.39 Å². The number of hydrogen-bond acceptors (Lipinski definition) is 4. The summed E-state index contributed by atoms with van der Waals surface area (Å²) in [4.78, 5) is 27.8. The van der Waals surface area contributed by atoms with Crippen LogP contribution in [0, 0.1) is 12.8 Å². The van der Waals surface area contributed by atoms with Crippen LogP contribution in [0.15, 0.2) is 53.3 Å². The molecule has 0 aliphatic carbocycles. The second-order valence-electron chi connectivity index (χ2n) is 7.92. The van der Waals surface area contributed by atoms with Crippen molar-refractivity contribution in [2.24, 2.45) is 5.92 Å². The molecule has 1 amide bonds. The van der Waals surface area contributed by atoms with Gasteiger partial charge in [0, 0.05) is 24.2 Å². The maximum atomic E-state index is 13.0. The topological polar surface area (TPSA) is 67.2 Å². The molecule has 1 aliphatic rings. The molecule has 0 saturated carbocycles. The van der Waals surface area contributed by atoms with E-state index in [-0.39, 0.29) is 18.0 Å². The highest BCUT2D eigenvalue weighted by Crippen LogP contribution is 2.26. The van der Waals surface area contributed by atoms with Crippen molar-refractivity contribution >= 4 is 28.2 Å². The van der Waals surface area contributed by atoms with E-state index >= 15 is 0 Å². The van der Waals surface area contributed by atoms with E-state index in [0.717, 1.165) is 42.7 Å². The lowest BCUT2D eigenvalue weighted by atomic mass is 9.99. The summed E-state index contributed by atoms with van der Waals surface area (Å²) < 4.78 is 1.29. The summed E-state index contributed by atoms with van der Waals surface area (Å²) in [6.45, 7) is 5.93. The molecule has 0 atom stereocenters. The number of aryl methyl sites for hydroxylation is 1. The van der Waals surface area contributed by atoms with Crippen LogP contribution in [0.3, 0.4) is 0 Å². The number of rotatable bonds is 4. The van der Waals surface area contributed by atoms with Crippen molar-refractivity contribution in [3.63, 3.8) is 0 Å². The number of fused-ring (bicyclic) bond motifs is 1. The second-order valence-corrected chi connectivity index (χ2v) is 7.92. The summed E-state index contributed by atoms with van der Waals surface area (Å²) in [5.41, 5.74) is 1.54. The van der Waals surface area contributed by atoms with E-state index in [1.165, 1.54) is 4.68 Å². The molecule has 150 valence electrons. The molecule has 2 aromatic carbocycles. The average Bonchev–Trinajstić information content (AvgIpc) is 2.71. The molecule has 29 heavy (non-hydrogen) atoms. The lowest BCUT2D eigenvalue weighted by Gasteiger charge is -2.32. The Morgan fingerprint density at radius 2 is 1.83 bits per heavy atom. The minimum Gasteiger partial charge on any atom is -0.355 e. The summed E-state index contributed by atoms with van der Waals surface area (Å²) in [6, 6.07) is 15.1. The van der Waals surface area contributed by atoms with Gasteiger partial charge in [-0.25, -0.2) is 4.68 Å². The Morgan fingerprint density at radius 1 is 1.10 bits per heavy atom. The fraction of sp³-hybridized carbons (Fsp3) is 0.348. The number of piperidine rings is 1. The van der Waals surface area contributed by atoms with Crippen molar-refractivity contribution < 1.29 is 4.79 Å². The normalized spacial score (nSPS) is 14.9. The standard InChI is InChI=1S/C23H26N4O2/c1-16-10-12-26(13-11-16)22-19-8-3-4-9-20(19)23(29)27(25-22)15-21(28)24-18-7-5-6-17(2)14-18/h3-9,14,16H,10-13,15H2,1-2H3,(H,24,28). The van der Waals surface area contributed by atoms with Crippen molar-refractivity contribution in [3.05, 3.63) is 64.4 Å². The van der Waals surface area contributed by atoms with Gasteiger partial charge in [-0.15, -0.1) is 0 Å². The van der Waals surface area contributed by atoms with Gasteiger partial charge in [-0.2, -0.15) is 5.10 Å². The quantitative estimate of drug-likeness (QED) is 0.739. The fourth-order valence-electron chi connectivity index (χ4n) is 3.84. The van der Waals surface area contributed by atoms with Crippen LogP contribution in [0.5, 0.6) is 0 Å². The van der Waals surface area contributed by atoms with Gasteiger partial charge in [-0.3, -0.25) is 9.59 Å². The average molecular weight is 390 g/mol. The van der Waals surface area contributed by atoms with Crippen LogP contribution < -0.4 is 15.8 Å². The molecule has 1 saturated heterocycles. The smallest absolute Gasteiger partial charge is 0.275 e. The number of carbonyl (C=O) groups excluding carboxylic acids is 1. The minimum absolute atomic E-state index is 0.116. The minimum atomic E-state index is -0.265. The van der Waals surface area contributed by atoms with Crippen LogP contribution in [0.25, 0.3) is 10.8 Å². The highest BCUT2D eigenvalue weighted by Gasteiger charge is 2.21. The Hall–Kier alpha value is -3.15. The van der Waals surface area contributed by atoms with E-state index in [0.29, 0.717) is 17.0 Å². The molecule has 1 aliphatic heterocycles. The van der Waals surface area contributed by atoms with Crippen LogP contribution in [0.1, 0.15) is 25.3 Å². The molecule has 3 aromatic rings. The van der Waals surface area contributed by atoms with E-state index < -0.39 is 0 Å². The zero-order valence-electron chi connectivity index (χ0n) is 16.9. The van der Waals surface area contributed by atoms with Crippen molar-refractivity contribution in [2.75, 3.05) is 23.3 Å². The van der Waals surface area contributed by atoms with Gasteiger partial charge in [0.2, 0.25) is 5.91 Å². The van der Waals surface area contributed by atoms with Gasteiger partial charge in [-0.05, 0) is 49.4 Å². The highest BCUT2D eigenvalue weighted by atomic mass is 16.2. The van der Waals surface area contributed by atoms with Crippen LogP contribution in [0.2, 0.25) is 0 Å². The molecule has 1 aromatic heterocycles. The molecule has 0 radical (unpaired) electrons. The lowest BCUT2D eigenvalue weighted by molar-refractivity contribution is -0.117. The SMILES string of the molecule is Cc1cccc(NC(=O)Cn2nc(N3CCC(C)CC3)c3ccccc3c2=O)c1. The van der Waals surface area contributed by atoms with Crippen LogP contribution in [-0.2, 0) is 11.3 Å². The van der Waals surface area contributed by atoms with Gasteiger partial charge < -0.3 is 10.2 Å². The Balaban J connectivity index is 1.66. The molecule has 6 heteroatoms. The molecule has 0 bridgehead atoms. The van der Waals surface area contributed by atoms with Gasteiger partial charge in [0.15, 0.2) is 5.82 Å². The first kappa shape index (κ1) is 19.2. The maximum absolute atomic E-state index is 13.0. The number of hydrogen-bond donors (Lipinski definition) is 1. The molecule has 6 nitrogen and oxygen atoms in total. The van der Waals surface area contributed by atoms with Crippen molar-refractivity contribution in [2.45, 2.75) is 33.2 Å². The van der Waals surface area contributed by atoms with Gasteiger partial charge >= 0.3 is 0 Å². The third kappa shape index (κ3) is 4.16. The van der Waals surface area contributed by atoms with Gasteiger partial charge in [0.25, 0.3) is 5.56 Å². The van der Waals surface area contributed by atoms with E-state index in [9.17, 15) is 9.59 Å². The third-order valence-electron chi connectivity index (χ3n) is 5.53. The van der Waals surface area contributed by atoms with Crippen LogP contribution >= 0.6 is 0 Å². The second kappa shape index (κ2) is 8.07. The van der Waals surface area contributed by atoms with Crippen LogP contribution in [-0.4, -0.2) is 28.8 Å². The zero-order valence-corrected chi connectivity index (χ0v) is 16.9. The molecule has 4 rings (SSSR count). The molecule has 2 heterocycles. The van der Waals surface area contributed by atoms with Crippen molar-refractivity contribution in [1.82, 2.24) is 9.78 Å².